The molecule has 1 unspecified atom stereocenters. The van der Waals surface area contributed by atoms with Crippen molar-refractivity contribution in [3.05, 3.63) is 24.3 Å². The summed E-state index contributed by atoms with van der Waals surface area (Å²) >= 11 is 0. The second-order valence-corrected chi connectivity index (χ2v) is 3.78. The third kappa shape index (κ3) is 2.68. The van der Waals surface area contributed by atoms with Crippen molar-refractivity contribution in [3.8, 4) is 0 Å². The molecule has 1 heterocycles. The summed E-state index contributed by atoms with van der Waals surface area (Å²) in [6.07, 6.45) is 2.82. The summed E-state index contributed by atoms with van der Waals surface area (Å²) < 4.78 is 0. The Kier molecular flexibility index (Phi) is 3.23. The zero-order chi connectivity index (χ0) is 9.84. The van der Waals surface area contributed by atoms with E-state index in [0.29, 0.717) is 5.92 Å². The van der Waals surface area contributed by atoms with E-state index in [-0.39, 0.29) is 5.92 Å². The summed E-state index contributed by atoms with van der Waals surface area (Å²) in [5, 5.41) is 8.14. The van der Waals surface area contributed by atoms with Crippen LogP contribution in [0.15, 0.2) is 12.7 Å². The van der Waals surface area contributed by atoms with Gasteiger partial charge in [0.15, 0.2) is 0 Å². The van der Waals surface area contributed by atoms with Crippen molar-refractivity contribution in [1.82, 2.24) is 15.2 Å². The van der Waals surface area contributed by atoms with Crippen molar-refractivity contribution in [2.45, 2.75) is 33.1 Å². The zero-order valence-electron chi connectivity index (χ0n) is 8.54. The molecule has 0 aliphatic heterocycles. The van der Waals surface area contributed by atoms with Gasteiger partial charge in [-0.3, -0.25) is 0 Å². The first-order valence-electron chi connectivity index (χ1n) is 4.67. The van der Waals surface area contributed by atoms with Crippen LogP contribution in [0.5, 0.6) is 0 Å². The van der Waals surface area contributed by atoms with Gasteiger partial charge in [0.25, 0.3) is 0 Å². The number of hydrogen-bond donors (Lipinski definition) is 1. The van der Waals surface area contributed by atoms with Gasteiger partial charge in [-0.2, -0.15) is 0 Å². The molecule has 1 N–H and O–H groups in total. The SMILES string of the molecule is C=CC(C)c1nnc(CC(C)C)[nH]1. The second-order valence-electron chi connectivity index (χ2n) is 3.78. The van der Waals surface area contributed by atoms with E-state index in [1.54, 1.807) is 0 Å². The molecule has 3 heteroatoms. The average molecular weight is 179 g/mol. The van der Waals surface area contributed by atoms with E-state index < -0.39 is 0 Å². The predicted molar refractivity (Wildman–Crippen MR) is 53.5 cm³/mol. The monoisotopic (exact) mass is 179 g/mol. The molecule has 1 atom stereocenters. The Hall–Kier alpha value is -1.12. The highest BCUT2D eigenvalue weighted by molar-refractivity contribution is 5.03. The van der Waals surface area contributed by atoms with E-state index in [4.69, 9.17) is 0 Å². The van der Waals surface area contributed by atoms with Crippen LogP contribution in [0.3, 0.4) is 0 Å². The summed E-state index contributed by atoms with van der Waals surface area (Å²) in [5.41, 5.74) is 0. The van der Waals surface area contributed by atoms with Crippen LogP contribution in [0, 0.1) is 5.92 Å². The van der Waals surface area contributed by atoms with Gasteiger partial charge in [-0.05, 0) is 5.92 Å². The van der Waals surface area contributed by atoms with Gasteiger partial charge in [0.2, 0.25) is 0 Å². The van der Waals surface area contributed by atoms with Gasteiger partial charge in [0, 0.05) is 12.3 Å². The summed E-state index contributed by atoms with van der Waals surface area (Å²) in [5.74, 6) is 2.75. The topological polar surface area (TPSA) is 41.6 Å². The molecule has 0 radical (unpaired) electrons. The summed E-state index contributed by atoms with van der Waals surface area (Å²) in [6, 6.07) is 0. The van der Waals surface area contributed by atoms with Gasteiger partial charge in [0.05, 0.1) is 0 Å². The number of allylic oxidation sites excluding steroid dienone is 1. The first-order valence-corrected chi connectivity index (χ1v) is 4.67. The lowest BCUT2D eigenvalue weighted by Gasteiger charge is -2.00. The Morgan fingerprint density at radius 1 is 1.38 bits per heavy atom. The standard InChI is InChI=1S/C10H17N3/c1-5-8(4)10-11-9(12-13-10)6-7(2)3/h5,7-8H,1,6H2,2-4H3,(H,11,12,13). The molecule has 0 aromatic carbocycles. The van der Waals surface area contributed by atoms with Crippen molar-refractivity contribution in [3.63, 3.8) is 0 Å². The minimum atomic E-state index is 0.258. The lowest BCUT2D eigenvalue weighted by atomic mass is 10.1. The van der Waals surface area contributed by atoms with Gasteiger partial charge in [-0.15, -0.1) is 16.8 Å². The van der Waals surface area contributed by atoms with Crippen LogP contribution < -0.4 is 0 Å². The number of aromatic amines is 1. The van der Waals surface area contributed by atoms with E-state index in [9.17, 15) is 0 Å². The minimum Gasteiger partial charge on any atom is -0.328 e. The summed E-state index contributed by atoms with van der Waals surface area (Å²) in [4.78, 5) is 3.20. The molecule has 0 aliphatic carbocycles. The Bertz CT molecular complexity index is 275. The minimum absolute atomic E-state index is 0.258. The molecular formula is C10H17N3. The molecule has 0 bridgehead atoms. The van der Waals surface area contributed by atoms with E-state index >= 15 is 0 Å². The predicted octanol–water partition coefficient (Wildman–Crippen LogP) is 2.29. The number of nitrogens with zero attached hydrogens (tertiary/aromatic N) is 2. The lowest BCUT2D eigenvalue weighted by Crippen LogP contribution is -1.96. The van der Waals surface area contributed by atoms with Gasteiger partial charge in [-0.1, -0.05) is 26.8 Å². The smallest absolute Gasteiger partial charge is 0.137 e. The maximum Gasteiger partial charge on any atom is 0.137 e. The molecular weight excluding hydrogens is 162 g/mol. The molecule has 0 fully saturated rings. The fraction of sp³-hybridized carbons (Fsp3) is 0.600. The highest BCUT2D eigenvalue weighted by Gasteiger charge is 2.08. The molecule has 3 nitrogen and oxygen atoms in total. The molecule has 0 saturated carbocycles. The maximum absolute atomic E-state index is 4.07. The van der Waals surface area contributed by atoms with E-state index in [0.717, 1.165) is 18.1 Å². The van der Waals surface area contributed by atoms with Crippen molar-refractivity contribution < 1.29 is 0 Å². The molecule has 0 amide bonds. The second kappa shape index (κ2) is 4.21. The van der Waals surface area contributed by atoms with Crippen molar-refractivity contribution in [1.29, 1.82) is 0 Å². The maximum atomic E-state index is 4.07. The van der Waals surface area contributed by atoms with Gasteiger partial charge < -0.3 is 4.98 Å². The lowest BCUT2D eigenvalue weighted by molar-refractivity contribution is 0.622. The third-order valence-corrected chi connectivity index (χ3v) is 1.94. The van der Waals surface area contributed by atoms with Crippen LogP contribution in [0.4, 0.5) is 0 Å². The molecule has 1 aromatic rings. The largest absolute Gasteiger partial charge is 0.328 e. The van der Waals surface area contributed by atoms with Crippen LogP contribution in [0.1, 0.15) is 38.3 Å². The van der Waals surface area contributed by atoms with Gasteiger partial charge >= 0.3 is 0 Å². The van der Waals surface area contributed by atoms with E-state index in [2.05, 4.69) is 35.6 Å². The first-order chi connectivity index (χ1) is 6.13. The summed E-state index contributed by atoms with van der Waals surface area (Å²) in [7, 11) is 0. The molecule has 0 spiro atoms. The molecule has 13 heavy (non-hydrogen) atoms. The van der Waals surface area contributed by atoms with Crippen molar-refractivity contribution in [2.24, 2.45) is 5.92 Å². The van der Waals surface area contributed by atoms with Crippen molar-refractivity contribution in [2.75, 3.05) is 0 Å². The van der Waals surface area contributed by atoms with Crippen molar-refractivity contribution >= 4 is 0 Å². The normalized spacial score (nSPS) is 13.2. The number of hydrogen-bond acceptors (Lipinski definition) is 2. The molecule has 0 saturated heterocycles. The Morgan fingerprint density at radius 2 is 2.08 bits per heavy atom. The van der Waals surface area contributed by atoms with E-state index in [1.165, 1.54) is 0 Å². The van der Waals surface area contributed by atoms with Crippen LogP contribution in [0.25, 0.3) is 0 Å². The zero-order valence-corrected chi connectivity index (χ0v) is 8.54. The highest BCUT2D eigenvalue weighted by atomic mass is 15.2. The van der Waals surface area contributed by atoms with Crippen LogP contribution in [-0.2, 0) is 6.42 Å². The number of aromatic nitrogens is 3. The first kappa shape index (κ1) is 9.96. The number of nitrogens with one attached hydrogen (secondary N) is 1. The molecule has 72 valence electrons. The average Bonchev–Trinajstić information content (AvgIpc) is 2.50. The fourth-order valence-electron chi connectivity index (χ4n) is 1.11. The van der Waals surface area contributed by atoms with Crippen LogP contribution in [-0.4, -0.2) is 15.2 Å². The fourth-order valence-corrected chi connectivity index (χ4v) is 1.11. The van der Waals surface area contributed by atoms with Crippen LogP contribution >= 0.6 is 0 Å². The molecule has 1 aromatic heterocycles. The van der Waals surface area contributed by atoms with E-state index in [1.807, 2.05) is 13.0 Å². The Balaban J connectivity index is 2.68. The van der Waals surface area contributed by atoms with Gasteiger partial charge in [0.1, 0.15) is 11.6 Å². The van der Waals surface area contributed by atoms with Crippen LogP contribution in [0.2, 0.25) is 0 Å². The van der Waals surface area contributed by atoms with Gasteiger partial charge in [-0.25, -0.2) is 0 Å². The molecule has 1 rings (SSSR count). The third-order valence-electron chi connectivity index (χ3n) is 1.94. The summed E-state index contributed by atoms with van der Waals surface area (Å²) in [6.45, 7) is 10.1. The Labute approximate surface area is 79.3 Å². The number of H-pyrrole nitrogens is 1. The molecule has 0 aliphatic rings. The number of rotatable bonds is 4. The Morgan fingerprint density at radius 3 is 2.62 bits per heavy atom. The quantitative estimate of drug-likeness (QED) is 0.720. The highest BCUT2D eigenvalue weighted by Crippen LogP contribution is 2.11.